The fourth-order valence-corrected chi connectivity index (χ4v) is 1.40. The summed E-state index contributed by atoms with van der Waals surface area (Å²) in [5, 5.41) is 17.3. The first-order chi connectivity index (χ1) is 8.80. The Morgan fingerprint density at radius 1 is 1.22 bits per heavy atom. The first-order valence-electron chi connectivity index (χ1n) is 5.98. The van der Waals surface area contributed by atoms with E-state index >= 15 is 0 Å². The number of rotatable bonds is 6. The van der Waals surface area contributed by atoms with Crippen molar-refractivity contribution < 1.29 is 4.74 Å². The van der Waals surface area contributed by atoms with E-state index in [1.165, 1.54) is 0 Å². The first-order valence-corrected chi connectivity index (χ1v) is 5.98. The third-order valence-corrected chi connectivity index (χ3v) is 2.44. The number of hydrogen-bond donors (Lipinski definition) is 0. The van der Waals surface area contributed by atoms with E-state index in [4.69, 9.17) is 15.3 Å². The molecule has 0 heterocycles. The number of unbranched alkanes of at least 4 members (excludes halogenated alkanes) is 1. The Hall–Kier alpha value is -2.10. The van der Waals surface area contributed by atoms with Crippen LogP contribution >= 0.6 is 0 Å². The molecule has 0 amide bonds. The lowest BCUT2D eigenvalue weighted by Gasteiger charge is -2.03. The molecule has 1 aromatic carbocycles. The summed E-state index contributed by atoms with van der Waals surface area (Å²) in [5.41, 5.74) is 2.06. The van der Waals surface area contributed by atoms with Gasteiger partial charge in [0.15, 0.2) is 0 Å². The molecule has 0 saturated carbocycles. The molecular formula is C15H16N2O. The lowest BCUT2D eigenvalue weighted by Crippen LogP contribution is -1.94. The van der Waals surface area contributed by atoms with Crippen LogP contribution in [-0.4, -0.2) is 6.61 Å². The van der Waals surface area contributed by atoms with Crippen molar-refractivity contribution in [3.63, 3.8) is 0 Å². The number of benzene rings is 1. The minimum absolute atomic E-state index is 0.113. The van der Waals surface area contributed by atoms with E-state index in [9.17, 15) is 0 Å². The van der Waals surface area contributed by atoms with Crippen LogP contribution in [0.3, 0.4) is 0 Å². The predicted molar refractivity (Wildman–Crippen MR) is 70.2 cm³/mol. The maximum atomic E-state index is 8.65. The summed E-state index contributed by atoms with van der Waals surface area (Å²) < 4.78 is 5.50. The zero-order chi connectivity index (χ0) is 13.2. The summed E-state index contributed by atoms with van der Waals surface area (Å²) in [6.45, 7) is 3.52. The second-order valence-electron chi connectivity index (χ2n) is 3.93. The lowest BCUT2D eigenvalue weighted by atomic mass is 10.1. The highest BCUT2D eigenvalue weighted by Gasteiger charge is 1.96. The Morgan fingerprint density at radius 3 is 2.44 bits per heavy atom. The van der Waals surface area contributed by atoms with Gasteiger partial charge in [-0.2, -0.15) is 10.5 Å². The molecule has 0 aliphatic heterocycles. The molecule has 1 rings (SSSR count). The van der Waals surface area contributed by atoms with Crippen LogP contribution in [0.5, 0.6) is 0 Å². The quantitative estimate of drug-likeness (QED) is 0.565. The number of allylic oxidation sites excluding steroid dienone is 1. The van der Waals surface area contributed by atoms with Crippen molar-refractivity contribution in [2.75, 3.05) is 6.61 Å². The molecule has 0 bridgehead atoms. The van der Waals surface area contributed by atoms with Crippen molar-refractivity contribution in [1.29, 1.82) is 10.5 Å². The maximum Gasteiger partial charge on any atom is 0.130 e. The van der Waals surface area contributed by atoms with Gasteiger partial charge in [0.05, 0.1) is 6.61 Å². The monoisotopic (exact) mass is 240 g/mol. The van der Waals surface area contributed by atoms with E-state index in [0.717, 1.165) is 30.6 Å². The van der Waals surface area contributed by atoms with E-state index in [1.54, 1.807) is 6.08 Å². The lowest BCUT2D eigenvalue weighted by molar-refractivity contribution is 0.118. The first kappa shape index (κ1) is 14.0. The third kappa shape index (κ3) is 4.82. The van der Waals surface area contributed by atoms with Crippen molar-refractivity contribution in [2.45, 2.75) is 26.4 Å². The van der Waals surface area contributed by atoms with Crippen molar-refractivity contribution >= 4 is 6.08 Å². The fourth-order valence-electron chi connectivity index (χ4n) is 1.40. The molecule has 3 nitrogen and oxygen atoms in total. The Kier molecular flexibility index (Phi) is 6.25. The number of ether oxygens (including phenoxy) is 1. The van der Waals surface area contributed by atoms with Crippen LogP contribution in [0.1, 0.15) is 30.9 Å². The van der Waals surface area contributed by atoms with Gasteiger partial charge in [0.1, 0.15) is 17.7 Å². The van der Waals surface area contributed by atoms with Gasteiger partial charge >= 0.3 is 0 Å². The Morgan fingerprint density at radius 2 is 1.89 bits per heavy atom. The SMILES string of the molecule is CCCCOCc1ccc(C=C(C#N)C#N)cc1. The summed E-state index contributed by atoms with van der Waals surface area (Å²) in [6.07, 6.45) is 3.78. The summed E-state index contributed by atoms with van der Waals surface area (Å²) in [7, 11) is 0. The molecule has 18 heavy (non-hydrogen) atoms. The van der Waals surface area contributed by atoms with E-state index in [0.29, 0.717) is 6.61 Å². The Balaban J connectivity index is 2.56. The summed E-state index contributed by atoms with van der Waals surface area (Å²) in [6, 6.07) is 11.3. The molecule has 0 atom stereocenters. The van der Waals surface area contributed by atoms with Crippen molar-refractivity contribution in [1.82, 2.24) is 0 Å². The molecule has 0 aliphatic carbocycles. The van der Waals surface area contributed by atoms with Crippen LogP contribution in [0.2, 0.25) is 0 Å². The predicted octanol–water partition coefficient (Wildman–Crippen LogP) is 3.43. The van der Waals surface area contributed by atoms with Crippen LogP contribution in [0.25, 0.3) is 6.08 Å². The van der Waals surface area contributed by atoms with Gasteiger partial charge < -0.3 is 4.74 Å². The normalized spacial score (nSPS) is 9.28. The Bertz CT molecular complexity index is 459. The van der Waals surface area contributed by atoms with E-state index in [-0.39, 0.29) is 5.57 Å². The molecule has 0 aromatic heterocycles. The van der Waals surface area contributed by atoms with Crippen molar-refractivity contribution in [2.24, 2.45) is 0 Å². The number of nitrogens with zero attached hydrogens (tertiary/aromatic N) is 2. The minimum Gasteiger partial charge on any atom is -0.377 e. The average molecular weight is 240 g/mol. The molecule has 0 unspecified atom stereocenters. The van der Waals surface area contributed by atoms with Crippen molar-refractivity contribution in [3.05, 3.63) is 41.0 Å². The molecule has 0 aliphatic rings. The zero-order valence-corrected chi connectivity index (χ0v) is 10.5. The third-order valence-electron chi connectivity index (χ3n) is 2.44. The molecule has 0 fully saturated rings. The van der Waals surface area contributed by atoms with E-state index in [2.05, 4.69) is 6.92 Å². The van der Waals surface area contributed by atoms with Gasteiger partial charge in [0.2, 0.25) is 0 Å². The highest BCUT2D eigenvalue weighted by molar-refractivity contribution is 5.61. The average Bonchev–Trinajstić information content (AvgIpc) is 2.42. The van der Waals surface area contributed by atoms with Crippen LogP contribution < -0.4 is 0 Å². The fraction of sp³-hybridized carbons (Fsp3) is 0.333. The van der Waals surface area contributed by atoms with Gasteiger partial charge in [-0.3, -0.25) is 0 Å². The molecule has 3 heteroatoms. The van der Waals surface area contributed by atoms with E-state index in [1.807, 2.05) is 36.4 Å². The van der Waals surface area contributed by atoms with E-state index < -0.39 is 0 Å². The number of nitriles is 2. The van der Waals surface area contributed by atoms with Crippen LogP contribution in [-0.2, 0) is 11.3 Å². The van der Waals surface area contributed by atoms with Crippen LogP contribution in [0, 0.1) is 22.7 Å². The molecular weight excluding hydrogens is 224 g/mol. The van der Waals surface area contributed by atoms with Crippen LogP contribution in [0.4, 0.5) is 0 Å². The van der Waals surface area contributed by atoms with Crippen LogP contribution in [0.15, 0.2) is 29.8 Å². The standard InChI is InChI=1S/C15H16N2O/c1-2-3-8-18-12-14-6-4-13(5-7-14)9-15(10-16)11-17/h4-7,9H,2-3,8,12H2,1H3. The zero-order valence-electron chi connectivity index (χ0n) is 10.5. The van der Waals surface area contributed by atoms with Crippen molar-refractivity contribution in [3.8, 4) is 12.1 Å². The Labute approximate surface area is 108 Å². The number of hydrogen-bond acceptors (Lipinski definition) is 3. The second kappa shape index (κ2) is 8.06. The molecule has 0 saturated heterocycles. The summed E-state index contributed by atoms with van der Waals surface area (Å²) in [5.74, 6) is 0. The highest BCUT2D eigenvalue weighted by atomic mass is 16.5. The van der Waals surface area contributed by atoms with Gasteiger partial charge in [-0.15, -0.1) is 0 Å². The second-order valence-corrected chi connectivity index (χ2v) is 3.93. The van der Waals surface area contributed by atoms with Gasteiger partial charge in [-0.25, -0.2) is 0 Å². The van der Waals surface area contributed by atoms with Gasteiger partial charge in [-0.05, 0) is 23.6 Å². The van der Waals surface area contributed by atoms with Gasteiger partial charge in [-0.1, -0.05) is 37.6 Å². The summed E-state index contributed by atoms with van der Waals surface area (Å²) in [4.78, 5) is 0. The highest BCUT2D eigenvalue weighted by Crippen LogP contribution is 2.09. The molecule has 0 N–H and O–H groups in total. The topological polar surface area (TPSA) is 56.8 Å². The molecule has 0 radical (unpaired) electrons. The smallest absolute Gasteiger partial charge is 0.130 e. The molecule has 1 aromatic rings. The minimum atomic E-state index is 0.113. The van der Waals surface area contributed by atoms with Gasteiger partial charge in [0.25, 0.3) is 0 Å². The van der Waals surface area contributed by atoms with Gasteiger partial charge in [0, 0.05) is 6.61 Å². The summed E-state index contributed by atoms with van der Waals surface area (Å²) >= 11 is 0. The molecule has 92 valence electrons. The maximum absolute atomic E-state index is 8.65. The largest absolute Gasteiger partial charge is 0.377 e. The molecule has 0 spiro atoms.